The van der Waals surface area contributed by atoms with E-state index in [-0.39, 0.29) is 12.4 Å². The van der Waals surface area contributed by atoms with Crippen molar-refractivity contribution in [2.45, 2.75) is 70.8 Å². The van der Waals surface area contributed by atoms with Crippen molar-refractivity contribution in [1.29, 1.82) is 0 Å². The molecule has 3 aromatic rings. The van der Waals surface area contributed by atoms with E-state index >= 15 is 0 Å². The minimum Gasteiger partial charge on any atom is -0.488 e. The summed E-state index contributed by atoms with van der Waals surface area (Å²) in [4.78, 5) is 28.2. The second kappa shape index (κ2) is 13.4. The quantitative estimate of drug-likeness (QED) is 0.352. The summed E-state index contributed by atoms with van der Waals surface area (Å²) in [5.74, 6) is 1.63. The lowest BCUT2D eigenvalue weighted by Crippen LogP contribution is -2.35. The number of hydrogen-bond donors (Lipinski definition) is 1. The van der Waals surface area contributed by atoms with Crippen LogP contribution in [0.25, 0.3) is 11.3 Å². The highest BCUT2D eigenvalue weighted by Gasteiger charge is 2.21. The number of aromatic nitrogens is 1. The molecule has 1 saturated heterocycles. The number of carbonyl (C=O) groups excluding carboxylic acids is 1. The Morgan fingerprint density at radius 3 is 2.51 bits per heavy atom. The van der Waals surface area contributed by atoms with Crippen LogP contribution < -0.4 is 4.74 Å². The molecule has 37 heavy (non-hydrogen) atoms. The van der Waals surface area contributed by atoms with Crippen LogP contribution in [0.4, 0.5) is 0 Å². The third kappa shape index (κ3) is 6.98. The molecule has 7 heteroatoms. The van der Waals surface area contributed by atoms with E-state index in [0.717, 1.165) is 59.6 Å². The first kappa shape index (κ1) is 26.9. The number of amides is 1. The smallest absolute Gasteiger partial charge is 0.290 e. The number of carboxylic acid groups (broad SMARTS) is 1. The van der Waals surface area contributed by atoms with Crippen molar-refractivity contribution in [3.05, 3.63) is 69.5 Å². The lowest BCUT2D eigenvalue weighted by molar-refractivity contribution is -0.122. The Balaban J connectivity index is 0.00000102. The number of likely N-dealkylation sites (tertiary alicyclic amines) is 1. The summed E-state index contributed by atoms with van der Waals surface area (Å²) in [5.41, 5.74) is 5.04. The van der Waals surface area contributed by atoms with E-state index in [1.165, 1.54) is 43.5 Å². The van der Waals surface area contributed by atoms with Gasteiger partial charge in [-0.25, -0.2) is 4.98 Å². The predicted octanol–water partition coefficient (Wildman–Crippen LogP) is 7.07. The molecule has 1 aliphatic carbocycles. The van der Waals surface area contributed by atoms with E-state index in [2.05, 4.69) is 18.4 Å². The molecular weight excluding hydrogens is 484 g/mol. The van der Waals surface area contributed by atoms with Gasteiger partial charge in [-0.15, -0.1) is 11.3 Å². The standard InChI is InChI=1S/C29H34N2O2S.CH2O2/c1-21-18-23(29(32)31-16-8-3-9-17-31)14-15-24(21)19-33-27-13-7-6-12-25(27)26-20-34-28(30-26)22-10-4-2-5-11-22;2-1-3/h6-7,12-15,18,20,22H,2-5,8-11,16-17,19H2,1H3;1H,(H,2,3). The molecule has 1 N–H and O–H groups in total. The molecule has 0 spiro atoms. The van der Waals surface area contributed by atoms with E-state index in [1.54, 1.807) is 11.3 Å². The molecule has 1 aromatic heterocycles. The Morgan fingerprint density at radius 2 is 1.78 bits per heavy atom. The van der Waals surface area contributed by atoms with Gasteiger partial charge in [0.05, 0.1) is 10.7 Å². The summed E-state index contributed by atoms with van der Waals surface area (Å²) >= 11 is 1.79. The number of aryl methyl sites for hydroxylation is 1. The molecule has 2 heterocycles. The van der Waals surface area contributed by atoms with Crippen LogP contribution in [0.2, 0.25) is 0 Å². The first-order valence-electron chi connectivity index (χ1n) is 13.2. The fraction of sp³-hybridized carbons (Fsp3) is 0.433. The second-order valence-corrected chi connectivity index (χ2v) is 10.7. The summed E-state index contributed by atoms with van der Waals surface area (Å²) in [6.07, 6.45) is 9.97. The van der Waals surface area contributed by atoms with Gasteiger partial charge < -0.3 is 14.7 Å². The Bertz CT molecular complexity index is 1180. The highest BCUT2D eigenvalue weighted by molar-refractivity contribution is 7.10. The summed E-state index contributed by atoms with van der Waals surface area (Å²) < 4.78 is 6.30. The van der Waals surface area contributed by atoms with Crippen molar-refractivity contribution in [2.24, 2.45) is 0 Å². The fourth-order valence-electron chi connectivity index (χ4n) is 5.18. The van der Waals surface area contributed by atoms with E-state index in [0.29, 0.717) is 12.5 Å². The van der Waals surface area contributed by atoms with Crippen LogP contribution in [-0.2, 0) is 11.4 Å². The van der Waals surface area contributed by atoms with E-state index in [1.807, 2.05) is 41.3 Å². The maximum atomic E-state index is 12.8. The highest BCUT2D eigenvalue weighted by Crippen LogP contribution is 2.38. The molecule has 6 nitrogen and oxygen atoms in total. The van der Waals surface area contributed by atoms with Crippen LogP contribution in [0, 0.1) is 6.92 Å². The summed E-state index contributed by atoms with van der Waals surface area (Å²) in [6.45, 7) is 4.03. The van der Waals surface area contributed by atoms with Gasteiger partial charge in [-0.2, -0.15) is 0 Å². The van der Waals surface area contributed by atoms with Crippen LogP contribution in [0.1, 0.15) is 83.8 Å². The van der Waals surface area contributed by atoms with Gasteiger partial charge in [0.1, 0.15) is 12.4 Å². The average Bonchev–Trinajstić information content (AvgIpc) is 3.44. The van der Waals surface area contributed by atoms with Gasteiger partial charge in [-0.1, -0.05) is 37.5 Å². The molecule has 0 bridgehead atoms. The molecule has 2 fully saturated rings. The van der Waals surface area contributed by atoms with Crippen molar-refractivity contribution < 1.29 is 19.4 Å². The Hall–Kier alpha value is -3.19. The van der Waals surface area contributed by atoms with Crippen LogP contribution in [0.3, 0.4) is 0 Å². The average molecular weight is 521 g/mol. The molecule has 2 aromatic carbocycles. The number of ether oxygens (including phenoxy) is 1. The van der Waals surface area contributed by atoms with Gasteiger partial charge in [-0.05, 0) is 74.4 Å². The van der Waals surface area contributed by atoms with Gasteiger partial charge in [-0.3, -0.25) is 9.59 Å². The predicted molar refractivity (Wildman–Crippen MR) is 147 cm³/mol. The maximum Gasteiger partial charge on any atom is 0.290 e. The molecule has 0 radical (unpaired) electrons. The van der Waals surface area contributed by atoms with E-state index in [9.17, 15) is 4.79 Å². The molecular formula is C30H36N2O4S. The van der Waals surface area contributed by atoms with E-state index < -0.39 is 0 Å². The number of nitrogens with zero attached hydrogens (tertiary/aromatic N) is 2. The lowest BCUT2D eigenvalue weighted by atomic mass is 9.90. The molecule has 196 valence electrons. The Morgan fingerprint density at radius 1 is 1.08 bits per heavy atom. The van der Waals surface area contributed by atoms with Gasteiger partial charge >= 0.3 is 0 Å². The van der Waals surface area contributed by atoms with Gasteiger partial charge in [0.25, 0.3) is 12.4 Å². The van der Waals surface area contributed by atoms with Gasteiger partial charge in [0.2, 0.25) is 0 Å². The monoisotopic (exact) mass is 520 g/mol. The molecule has 1 saturated carbocycles. The van der Waals surface area contributed by atoms with Crippen molar-refractivity contribution >= 4 is 23.7 Å². The number of rotatable bonds is 6. The number of piperidine rings is 1. The molecule has 0 unspecified atom stereocenters. The molecule has 1 aliphatic heterocycles. The number of benzene rings is 2. The zero-order chi connectivity index (χ0) is 26.0. The van der Waals surface area contributed by atoms with Crippen LogP contribution in [0.5, 0.6) is 5.75 Å². The highest BCUT2D eigenvalue weighted by atomic mass is 32.1. The molecule has 1 amide bonds. The van der Waals surface area contributed by atoms with Crippen LogP contribution in [0.15, 0.2) is 47.8 Å². The molecule has 0 atom stereocenters. The fourth-order valence-corrected chi connectivity index (χ4v) is 6.17. The number of carbonyl (C=O) groups is 2. The van der Waals surface area contributed by atoms with Crippen molar-refractivity contribution in [1.82, 2.24) is 9.88 Å². The molecule has 2 aliphatic rings. The van der Waals surface area contributed by atoms with Crippen molar-refractivity contribution in [3.63, 3.8) is 0 Å². The first-order chi connectivity index (χ1) is 18.1. The second-order valence-electron chi connectivity index (χ2n) is 9.79. The summed E-state index contributed by atoms with van der Waals surface area (Å²) in [6, 6.07) is 14.2. The minimum atomic E-state index is -0.250. The summed E-state index contributed by atoms with van der Waals surface area (Å²) in [5, 5.41) is 10.3. The van der Waals surface area contributed by atoms with Crippen molar-refractivity contribution in [2.75, 3.05) is 13.1 Å². The van der Waals surface area contributed by atoms with Crippen LogP contribution >= 0.6 is 11.3 Å². The van der Waals surface area contributed by atoms with Crippen LogP contribution in [-0.4, -0.2) is 40.5 Å². The third-order valence-corrected chi connectivity index (χ3v) is 8.26. The van der Waals surface area contributed by atoms with E-state index in [4.69, 9.17) is 19.6 Å². The van der Waals surface area contributed by atoms with Gasteiger partial charge in [0, 0.05) is 35.5 Å². The maximum absolute atomic E-state index is 12.8. The third-order valence-electron chi connectivity index (χ3n) is 7.26. The zero-order valence-corrected chi connectivity index (χ0v) is 22.3. The Labute approximate surface area is 223 Å². The van der Waals surface area contributed by atoms with Crippen molar-refractivity contribution in [3.8, 4) is 17.0 Å². The zero-order valence-electron chi connectivity index (χ0n) is 21.5. The first-order valence-corrected chi connectivity index (χ1v) is 14.1. The SMILES string of the molecule is Cc1cc(C(=O)N2CCCCC2)ccc1COc1ccccc1-c1csc(C2CCCCC2)n1.O=CO. The Kier molecular flexibility index (Phi) is 9.71. The summed E-state index contributed by atoms with van der Waals surface area (Å²) in [7, 11) is 0. The molecule has 5 rings (SSSR count). The number of hydrogen-bond acceptors (Lipinski definition) is 5. The largest absolute Gasteiger partial charge is 0.488 e. The minimum absolute atomic E-state index is 0.151. The number of thiazole rings is 1. The topological polar surface area (TPSA) is 79.7 Å². The lowest BCUT2D eigenvalue weighted by Gasteiger charge is -2.27. The normalized spacial score (nSPS) is 16.0. The van der Waals surface area contributed by atoms with Gasteiger partial charge in [0.15, 0.2) is 0 Å². The number of para-hydroxylation sites is 1.